The number of hydrogen-bond donors (Lipinski definition) is 3. The summed E-state index contributed by atoms with van der Waals surface area (Å²) in [4.78, 5) is 16.2. The van der Waals surface area contributed by atoms with E-state index in [-0.39, 0.29) is 12.5 Å². The number of ether oxygens (including phenoxy) is 1. The molecule has 3 N–H and O–H groups in total. The van der Waals surface area contributed by atoms with E-state index in [1.807, 2.05) is 13.8 Å². The maximum Gasteiger partial charge on any atom is 0.239 e. The van der Waals surface area contributed by atoms with Gasteiger partial charge in [-0.3, -0.25) is 4.79 Å². The lowest BCUT2D eigenvalue weighted by molar-refractivity contribution is -0.119. The number of carbonyl (C=O) groups is 1. The van der Waals surface area contributed by atoms with E-state index in [1.54, 1.807) is 0 Å². The molecule has 138 valence electrons. The molecule has 6 heteroatoms. The largest absolute Gasteiger partial charge is 0.493 e. The molecule has 0 heterocycles. The van der Waals surface area contributed by atoms with E-state index in [0.717, 1.165) is 24.5 Å². The molecule has 0 bridgehead atoms. The number of aliphatic imine (C=N–C) groups is 1. The van der Waals surface area contributed by atoms with Gasteiger partial charge in [0.2, 0.25) is 5.91 Å². The van der Waals surface area contributed by atoms with Crippen molar-refractivity contribution in [1.29, 1.82) is 0 Å². The molecule has 1 aromatic carbocycles. The summed E-state index contributed by atoms with van der Waals surface area (Å²) in [7, 11) is 0. The van der Waals surface area contributed by atoms with Gasteiger partial charge < -0.3 is 20.7 Å². The van der Waals surface area contributed by atoms with E-state index in [1.165, 1.54) is 18.4 Å². The van der Waals surface area contributed by atoms with Crippen LogP contribution in [0.3, 0.4) is 0 Å². The Labute approximate surface area is 150 Å². The average molecular weight is 346 g/mol. The third kappa shape index (κ3) is 7.03. The highest BCUT2D eigenvalue weighted by Crippen LogP contribution is 2.30. The zero-order valence-corrected chi connectivity index (χ0v) is 15.5. The van der Waals surface area contributed by atoms with Crippen LogP contribution >= 0.6 is 0 Å². The molecule has 1 saturated carbocycles. The number of carbonyl (C=O) groups excluding carboxylic acids is 1. The molecule has 0 aromatic heterocycles. The van der Waals surface area contributed by atoms with Crippen molar-refractivity contribution < 1.29 is 9.53 Å². The Hall–Kier alpha value is -2.24. The van der Waals surface area contributed by atoms with Gasteiger partial charge in [0.25, 0.3) is 0 Å². The van der Waals surface area contributed by atoms with Crippen LogP contribution in [0.25, 0.3) is 0 Å². The van der Waals surface area contributed by atoms with E-state index in [2.05, 4.69) is 46.1 Å². The highest BCUT2D eigenvalue weighted by molar-refractivity contribution is 5.86. The van der Waals surface area contributed by atoms with E-state index in [4.69, 9.17) is 4.74 Å². The van der Waals surface area contributed by atoms with Gasteiger partial charge in [-0.05, 0) is 51.2 Å². The van der Waals surface area contributed by atoms with Crippen molar-refractivity contribution in [2.24, 2.45) is 10.9 Å². The number of amides is 1. The molecule has 25 heavy (non-hydrogen) atoms. The van der Waals surface area contributed by atoms with Gasteiger partial charge >= 0.3 is 0 Å². The minimum Gasteiger partial charge on any atom is -0.493 e. The van der Waals surface area contributed by atoms with Crippen LogP contribution in [-0.4, -0.2) is 38.1 Å². The minimum atomic E-state index is -0.0445. The Bertz CT molecular complexity index is 597. The summed E-state index contributed by atoms with van der Waals surface area (Å²) in [5.74, 6) is 2.21. The third-order valence-electron chi connectivity index (χ3n) is 3.94. The zero-order valence-electron chi connectivity index (χ0n) is 15.5. The summed E-state index contributed by atoms with van der Waals surface area (Å²) >= 11 is 0. The van der Waals surface area contributed by atoms with Gasteiger partial charge in [0, 0.05) is 18.7 Å². The Morgan fingerprint density at radius 1 is 1.20 bits per heavy atom. The Balaban J connectivity index is 1.98. The molecule has 0 radical (unpaired) electrons. The topological polar surface area (TPSA) is 74.8 Å². The van der Waals surface area contributed by atoms with Crippen LogP contribution in [0, 0.1) is 12.8 Å². The van der Waals surface area contributed by atoms with E-state index in [0.29, 0.717) is 25.0 Å². The summed E-state index contributed by atoms with van der Waals surface area (Å²) < 4.78 is 5.99. The van der Waals surface area contributed by atoms with E-state index < -0.39 is 0 Å². The Kier molecular flexibility index (Phi) is 7.57. The van der Waals surface area contributed by atoms with Gasteiger partial charge in [-0.25, -0.2) is 4.99 Å². The predicted octanol–water partition coefficient (Wildman–Crippen LogP) is 1.98. The van der Waals surface area contributed by atoms with Crippen molar-refractivity contribution in [2.45, 2.75) is 40.2 Å². The minimum absolute atomic E-state index is 0.0445. The van der Waals surface area contributed by atoms with Crippen LogP contribution < -0.4 is 20.7 Å². The first-order chi connectivity index (χ1) is 12.1. The van der Waals surface area contributed by atoms with Gasteiger partial charge in [0.1, 0.15) is 5.75 Å². The molecule has 2 rings (SSSR count). The fourth-order valence-electron chi connectivity index (χ4n) is 2.35. The third-order valence-corrected chi connectivity index (χ3v) is 3.94. The number of nitrogens with zero attached hydrogens (tertiary/aromatic N) is 1. The van der Waals surface area contributed by atoms with Gasteiger partial charge in [0.15, 0.2) is 5.96 Å². The van der Waals surface area contributed by atoms with Crippen molar-refractivity contribution in [3.8, 4) is 5.75 Å². The molecule has 6 nitrogen and oxygen atoms in total. The van der Waals surface area contributed by atoms with E-state index >= 15 is 0 Å². The maximum absolute atomic E-state index is 11.6. The second-order valence-electron chi connectivity index (χ2n) is 6.37. The lowest BCUT2D eigenvalue weighted by Gasteiger charge is -2.13. The maximum atomic E-state index is 11.6. The Morgan fingerprint density at radius 3 is 2.64 bits per heavy atom. The first-order valence-electron chi connectivity index (χ1n) is 9.13. The monoisotopic (exact) mass is 346 g/mol. The van der Waals surface area contributed by atoms with E-state index in [9.17, 15) is 4.79 Å². The number of benzene rings is 1. The van der Waals surface area contributed by atoms with Gasteiger partial charge in [-0.2, -0.15) is 0 Å². The van der Waals surface area contributed by atoms with Crippen LogP contribution in [0.5, 0.6) is 5.75 Å². The molecule has 1 fully saturated rings. The molecule has 1 aromatic rings. The molecule has 0 spiro atoms. The highest BCUT2D eigenvalue weighted by Gasteiger charge is 2.22. The zero-order chi connectivity index (χ0) is 18.1. The van der Waals surface area contributed by atoms with Crippen LogP contribution in [-0.2, 0) is 11.3 Å². The second kappa shape index (κ2) is 9.91. The molecular weight excluding hydrogens is 316 g/mol. The van der Waals surface area contributed by atoms with Crippen molar-refractivity contribution in [1.82, 2.24) is 16.0 Å². The molecule has 0 atom stereocenters. The number of aryl methyl sites for hydroxylation is 1. The molecular formula is C19H30N4O2. The molecule has 0 saturated heterocycles. The second-order valence-corrected chi connectivity index (χ2v) is 6.37. The van der Waals surface area contributed by atoms with Gasteiger partial charge in [-0.15, -0.1) is 0 Å². The smallest absolute Gasteiger partial charge is 0.239 e. The van der Waals surface area contributed by atoms with Crippen LogP contribution in [0.2, 0.25) is 0 Å². The number of nitrogens with one attached hydrogen (secondary N) is 3. The van der Waals surface area contributed by atoms with Crippen LogP contribution in [0.15, 0.2) is 23.2 Å². The SMILES string of the molecule is CCNC(=O)CNC(=NCc1ccc(C)cc1OCC1CC1)NCC. The summed E-state index contributed by atoms with van der Waals surface area (Å²) in [6.45, 7) is 8.82. The summed E-state index contributed by atoms with van der Waals surface area (Å²) in [5, 5.41) is 8.97. The fourth-order valence-corrected chi connectivity index (χ4v) is 2.35. The standard InChI is InChI=1S/C19H30N4O2/c1-4-20-18(24)12-23-19(21-5-2)22-11-16-9-6-14(3)10-17(16)25-13-15-7-8-15/h6,9-10,15H,4-5,7-8,11-13H2,1-3H3,(H,20,24)(H2,21,22,23). The lowest BCUT2D eigenvalue weighted by Crippen LogP contribution is -2.43. The van der Waals surface area contributed by atoms with Gasteiger partial charge in [-0.1, -0.05) is 12.1 Å². The van der Waals surface area contributed by atoms with Crippen molar-refractivity contribution >= 4 is 11.9 Å². The highest BCUT2D eigenvalue weighted by atomic mass is 16.5. The number of rotatable bonds is 9. The molecule has 0 aliphatic heterocycles. The normalized spacial score (nSPS) is 14.1. The predicted molar refractivity (Wildman–Crippen MR) is 101 cm³/mol. The quantitative estimate of drug-likeness (QED) is 0.472. The van der Waals surface area contributed by atoms with Crippen molar-refractivity contribution in [3.05, 3.63) is 29.3 Å². The van der Waals surface area contributed by atoms with Crippen molar-refractivity contribution in [3.63, 3.8) is 0 Å². The van der Waals surface area contributed by atoms with Crippen molar-refractivity contribution in [2.75, 3.05) is 26.2 Å². The lowest BCUT2D eigenvalue weighted by atomic mass is 10.1. The molecule has 1 aliphatic carbocycles. The molecule has 1 amide bonds. The molecule has 1 aliphatic rings. The first-order valence-corrected chi connectivity index (χ1v) is 9.13. The summed E-state index contributed by atoms with van der Waals surface area (Å²) in [6.07, 6.45) is 2.54. The fraction of sp³-hybridized carbons (Fsp3) is 0.579. The summed E-state index contributed by atoms with van der Waals surface area (Å²) in [6, 6.07) is 6.21. The average Bonchev–Trinajstić information content (AvgIpc) is 3.41. The van der Waals surface area contributed by atoms with Gasteiger partial charge in [0.05, 0.1) is 19.7 Å². The number of hydrogen-bond acceptors (Lipinski definition) is 3. The first kappa shape index (κ1) is 19.1. The number of guanidine groups is 1. The molecule has 0 unspecified atom stereocenters. The van der Waals surface area contributed by atoms with Crippen LogP contribution in [0.4, 0.5) is 0 Å². The van der Waals surface area contributed by atoms with Crippen LogP contribution in [0.1, 0.15) is 37.8 Å². The summed E-state index contributed by atoms with van der Waals surface area (Å²) in [5.41, 5.74) is 2.24. The Morgan fingerprint density at radius 2 is 1.96 bits per heavy atom. The number of likely N-dealkylation sites (N-methyl/N-ethyl adjacent to an activating group) is 1.